The Balaban J connectivity index is 1.71. The summed E-state index contributed by atoms with van der Waals surface area (Å²) in [5.74, 6) is -0.592. The van der Waals surface area contributed by atoms with Gasteiger partial charge in [0, 0.05) is 44.5 Å². The molecule has 1 aliphatic heterocycles. The van der Waals surface area contributed by atoms with Crippen LogP contribution in [0.4, 0.5) is 21.8 Å². The van der Waals surface area contributed by atoms with Crippen molar-refractivity contribution in [3.05, 3.63) is 34.9 Å². The number of ether oxygens (including phenoxy) is 1. The molecule has 0 radical (unpaired) electrons. The van der Waals surface area contributed by atoms with Crippen LogP contribution < -0.4 is 21.3 Å². The molecule has 0 spiro atoms. The van der Waals surface area contributed by atoms with Crippen LogP contribution >= 0.6 is 11.8 Å². The summed E-state index contributed by atoms with van der Waals surface area (Å²) < 4.78 is 18.9. The number of halogens is 1. The highest BCUT2D eigenvalue weighted by Crippen LogP contribution is 2.27. The molecule has 2 amide bonds. The first-order valence-electron chi connectivity index (χ1n) is 11.7. The molecule has 1 saturated heterocycles. The van der Waals surface area contributed by atoms with E-state index in [1.165, 1.54) is 34.9 Å². The molecule has 3 rings (SSSR count). The molecule has 0 unspecified atom stereocenters. The molecule has 198 valence electrons. The SMILES string of the molecule is CSc1nc(N)nc(N(C)[C@@H](C)C(=O)Nc2cc(CF)cc(C(=O)NCCN3CCOCC3)c2)c1C#N. The number of nitrogens with two attached hydrogens (primary N) is 1. The monoisotopic (exact) mass is 530 g/mol. The number of nitrogens with one attached hydrogen (secondary N) is 2. The molecule has 0 saturated carbocycles. The smallest absolute Gasteiger partial charge is 0.251 e. The zero-order chi connectivity index (χ0) is 26.9. The van der Waals surface area contributed by atoms with Gasteiger partial charge in [0.05, 0.1) is 13.2 Å². The number of amides is 2. The molecule has 2 heterocycles. The maximum atomic E-state index is 13.6. The number of likely N-dealkylation sites (N-methyl/N-ethyl adjacent to an activating group) is 1. The van der Waals surface area contributed by atoms with Crippen molar-refractivity contribution >= 4 is 41.0 Å². The Morgan fingerprint density at radius 2 is 2.05 bits per heavy atom. The lowest BCUT2D eigenvalue weighted by Crippen LogP contribution is -2.41. The minimum atomic E-state index is -0.795. The number of carbonyl (C=O) groups is 2. The first kappa shape index (κ1) is 28.1. The molecule has 0 aliphatic carbocycles. The van der Waals surface area contributed by atoms with Crippen LogP contribution in [-0.2, 0) is 16.2 Å². The Kier molecular flexibility index (Phi) is 10.0. The van der Waals surface area contributed by atoms with Crippen molar-refractivity contribution < 1.29 is 18.7 Å². The van der Waals surface area contributed by atoms with Crippen LogP contribution in [0.15, 0.2) is 23.2 Å². The zero-order valence-electron chi connectivity index (χ0n) is 21.1. The van der Waals surface area contributed by atoms with Gasteiger partial charge in [0.2, 0.25) is 11.9 Å². The number of morpholine rings is 1. The molecule has 1 aromatic heterocycles. The van der Waals surface area contributed by atoms with E-state index in [9.17, 15) is 19.2 Å². The normalized spacial score (nSPS) is 14.5. The van der Waals surface area contributed by atoms with Crippen LogP contribution in [0.5, 0.6) is 0 Å². The molecule has 1 aromatic carbocycles. The van der Waals surface area contributed by atoms with Crippen molar-refractivity contribution in [3.63, 3.8) is 0 Å². The van der Waals surface area contributed by atoms with Crippen molar-refractivity contribution in [2.24, 2.45) is 0 Å². The van der Waals surface area contributed by atoms with Crippen LogP contribution in [0.3, 0.4) is 0 Å². The molecule has 2 aromatic rings. The van der Waals surface area contributed by atoms with Gasteiger partial charge in [-0.15, -0.1) is 11.8 Å². The number of nitrogens with zero attached hydrogens (tertiary/aromatic N) is 5. The number of alkyl halides is 1. The van der Waals surface area contributed by atoms with Crippen LogP contribution in [0.25, 0.3) is 0 Å². The predicted molar refractivity (Wildman–Crippen MR) is 140 cm³/mol. The minimum Gasteiger partial charge on any atom is -0.379 e. The third-order valence-electron chi connectivity index (χ3n) is 5.97. The van der Waals surface area contributed by atoms with Crippen molar-refractivity contribution in [3.8, 4) is 6.07 Å². The maximum Gasteiger partial charge on any atom is 0.251 e. The molecule has 37 heavy (non-hydrogen) atoms. The number of hydrogen-bond donors (Lipinski definition) is 3. The second-order valence-electron chi connectivity index (χ2n) is 8.44. The number of carbonyl (C=O) groups excluding carboxylic acids is 2. The molecular weight excluding hydrogens is 499 g/mol. The second kappa shape index (κ2) is 13.2. The van der Waals surface area contributed by atoms with E-state index in [2.05, 4.69) is 31.6 Å². The molecular formula is C24H31FN8O3S. The molecule has 1 atom stereocenters. The molecule has 11 nitrogen and oxygen atoms in total. The minimum absolute atomic E-state index is 0.0160. The fraction of sp³-hybridized carbons (Fsp3) is 0.458. The van der Waals surface area contributed by atoms with E-state index < -0.39 is 18.6 Å². The van der Waals surface area contributed by atoms with Gasteiger partial charge in [-0.3, -0.25) is 14.5 Å². The van der Waals surface area contributed by atoms with Gasteiger partial charge < -0.3 is 26.0 Å². The fourth-order valence-corrected chi connectivity index (χ4v) is 4.30. The number of nitriles is 1. The Labute approximate surface area is 219 Å². The number of anilines is 3. The zero-order valence-corrected chi connectivity index (χ0v) is 21.9. The number of rotatable bonds is 10. The maximum absolute atomic E-state index is 13.6. The lowest BCUT2D eigenvalue weighted by molar-refractivity contribution is -0.117. The van der Waals surface area contributed by atoms with Gasteiger partial charge in [-0.2, -0.15) is 10.2 Å². The molecule has 1 fully saturated rings. The van der Waals surface area contributed by atoms with E-state index in [4.69, 9.17) is 10.5 Å². The van der Waals surface area contributed by atoms with Gasteiger partial charge in [-0.05, 0) is 36.9 Å². The predicted octanol–water partition coefficient (Wildman–Crippen LogP) is 1.65. The van der Waals surface area contributed by atoms with Crippen molar-refractivity contribution in [2.45, 2.75) is 24.7 Å². The number of hydrogen-bond acceptors (Lipinski definition) is 10. The van der Waals surface area contributed by atoms with Gasteiger partial charge in [0.1, 0.15) is 29.4 Å². The quantitative estimate of drug-likeness (QED) is 0.306. The number of thioether (sulfide) groups is 1. The Bertz CT molecular complexity index is 1170. The summed E-state index contributed by atoms with van der Waals surface area (Å²) in [6, 6.07) is 5.73. The van der Waals surface area contributed by atoms with Crippen LogP contribution in [0.1, 0.15) is 28.4 Å². The summed E-state index contributed by atoms with van der Waals surface area (Å²) in [6.07, 6.45) is 1.76. The van der Waals surface area contributed by atoms with Crippen LogP contribution in [0.2, 0.25) is 0 Å². The van der Waals surface area contributed by atoms with E-state index in [-0.39, 0.29) is 40.1 Å². The topological polar surface area (TPSA) is 150 Å². The van der Waals surface area contributed by atoms with Gasteiger partial charge in [-0.25, -0.2) is 9.37 Å². The first-order valence-corrected chi connectivity index (χ1v) is 12.9. The van der Waals surface area contributed by atoms with E-state index in [0.717, 1.165) is 13.1 Å². The van der Waals surface area contributed by atoms with Crippen molar-refractivity contribution in [2.75, 3.05) is 68.6 Å². The van der Waals surface area contributed by atoms with Crippen LogP contribution in [-0.4, -0.2) is 85.4 Å². The summed E-state index contributed by atoms with van der Waals surface area (Å²) in [7, 11) is 1.61. The summed E-state index contributed by atoms with van der Waals surface area (Å²) in [5, 5.41) is 15.6. The molecule has 4 N–H and O–H groups in total. The standard InChI is InChI=1S/C24H31FN8O3S/c1-15(32(2)20-19(14-26)23(37-3)31-24(27)30-20)21(34)29-18-11-16(13-25)10-17(12-18)22(35)28-4-5-33-6-8-36-9-7-33/h10-12,15H,4-9,13H2,1-3H3,(H,28,35)(H,29,34)(H2,27,30,31)/t15-/m0/s1. The molecule has 0 bridgehead atoms. The van der Waals surface area contributed by atoms with E-state index in [1.807, 2.05) is 0 Å². The summed E-state index contributed by atoms with van der Waals surface area (Å²) in [4.78, 5) is 37.7. The molecule has 1 aliphatic rings. The summed E-state index contributed by atoms with van der Waals surface area (Å²) in [5.41, 5.74) is 6.79. The van der Waals surface area contributed by atoms with Gasteiger partial charge in [0.25, 0.3) is 5.91 Å². The van der Waals surface area contributed by atoms with Crippen LogP contribution in [0, 0.1) is 11.3 Å². The van der Waals surface area contributed by atoms with E-state index in [1.54, 1.807) is 20.2 Å². The third kappa shape index (κ3) is 7.28. The number of benzene rings is 1. The van der Waals surface area contributed by atoms with Gasteiger partial charge in [0.15, 0.2) is 5.82 Å². The highest BCUT2D eigenvalue weighted by Gasteiger charge is 2.25. The summed E-state index contributed by atoms with van der Waals surface area (Å²) >= 11 is 1.25. The Hall–Kier alpha value is -3.47. The van der Waals surface area contributed by atoms with E-state index in [0.29, 0.717) is 31.3 Å². The lowest BCUT2D eigenvalue weighted by Gasteiger charge is -2.26. The first-order chi connectivity index (χ1) is 17.8. The van der Waals surface area contributed by atoms with Crippen molar-refractivity contribution in [1.29, 1.82) is 5.26 Å². The Morgan fingerprint density at radius 3 is 2.70 bits per heavy atom. The lowest BCUT2D eigenvalue weighted by atomic mass is 10.1. The average molecular weight is 531 g/mol. The highest BCUT2D eigenvalue weighted by atomic mass is 32.2. The largest absolute Gasteiger partial charge is 0.379 e. The van der Waals surface area contributed by atoms with Crippen molar-refractivity contribution in [1.82, 2.24) is 20.2 Å². The Morgan fingerprint density at radius 1 is 1.32 bits per heavy atom. The second-order valence-corrected chi connectivity index (χ2v) is 9.23. The summed E-state index contributed by atoms with van der Waals surface area (Å²) in [6.45, 7) is 4.92. The average Bonchev–Trinajstić information content (AvgIpc) is 2.91. The number of aromatic nitrogens is 2. The number of nitrogen functional groups attached to an aromatic ring is 1. The third-order valence-corrected chi connectivity index (χ3v) is 6.65. The van der Waals surface area contributed by atoms with Gasteiger partial charge >= 0.3 is 0 Å². The fourth-order valence-electron chi connectivity index (χ4n) is 3.78. The van der Waals surface area contributed by atoms with E-state index >= 15 is 0 Å². The van der Waals surface area contributed by atoms with Gasteiger partial charge in [-0.1, -0.05) is 0 Å². The molecule has 13 heteroatoms. The highest BCUT2D eigenvalue weighted by molar-refractivity contribution is 7.98.